The maximum absolute atomic E-state index is 11.4. The summed E-state index contributed by atoms with van der Waals surface area (Å²) in [5.41, 5.74) is 11.2. The minimum absolute atomic E-state index is 0.146. The van der Waals surface area contributed by atoms with Crippen LogP contribution in [0.3, 0.4) is 0 Å². The van der Waals surface area contributed by atoms with Crippen LogP contribution in [-0.4, -0.2) is 42.0 Å². The molecule has 1 fully saturated rings. The number of hydrogen-bond donors (Lipinski definition) is 1. The molecule has 0 bridgehead atoms. The molecule has 1 unspecified atom stereocenters. The van der Waals surface area contributed by atoms with Gasteiger partial charge >= 0.3 is 0 Å². The highest BCUT2D eigenvalue weighted by Gasteiger charge is 2.15. The van der Waals surface area contributed by atoms with Crippen molar-refractivity contribution in [1.29, 1.82) is 0 Å². The van der Waals surface area contributed by atoms with Crippen molar-refractivity contribution in [2.24, 2.45) is 11.7 Å². The zero-order valence-corrected chi connectivity index (χ0v) is 19.6. The number of pyridine rings is 1. The summed E-state index contributed by atoms with van der Waals surface area (Å²) < 4.78 is 6.12. The van der Waals surface area contributed by atoms with E-state index < -0.39 is 0 Å². The van der Waals surface area contributed by atoms with E-state index in [-0.39, 0.29) is 11.8 Å². The van der Waals surface area contributed by atoms with Crippen LogP contribution >= 0.6 is 0 Å². The van der Waals surface area contributed by atoms with Crippen LogP contribution < -0.4 is 10.5 Å². The van der Waals surface area contributed by atoms with Gasteiger partial charge in [-0.05, 0) is 61.6 Å². The van der Waals surface area contributed by atoms with E-state index in [9.17, 15) is 4.79 Å². The number of fused-ring (bicyclic) bond motifs is 1. The van der Waals surface area contributed by atoms with Gasteiger partial charge in [0.1, 0.15) is 12.4 Å². The minimum Gasteiger partial charge on any atom is -0.492 e. The fourth-order valence-corrected chi connectivity index (χ4v) is 4.35. The fraction of sp³-hybridized carbons (Fsp3) is 0.357. The van der Waals surface area contributed by atoms with E-state index in [1.54, 1.807) is 0 Å². The van der Waals surface area contributed by atoms with Gasteiger partial charge in [0.25, 0.3) is 0 Å². The van der Waals surface area contributed by atoms with Gasteiger partial charge in [0.05, 0.1) is 5.52 Å². The summed E-state index contributed by atoms with van der Waals surface area (Å²) in [4.78, 5) is 18.4. The number of benzene rings is 2. The van der Waals surface area contributed by atoms with Crippen molar-refractivity contribution in [1.82, 2.24) is 9.88 Å². The Labute approximate surface area is 196 Å². The topological polar surface area (TPSA) is 68.5 Å². The Bertz CT molecular complexity index is 1140. The summed E-state index contributed by atoms with van der Waals surface area (Å²) in [5.74, 6) is 0.512. The highest BCUT2D eigenvalue weighted by atomic mass is 16.5. The van der Waals surface area contributed by atoms with Gasteiger partial charge in [-0.3, -0.25) is 14.7 Å². The number of piperidine rings is 1. The Balaban J connectivity index is 1.27. The molecule has 2 N–H and O–H groups in total. The number of ether oxygens (including phenoxy) is 1. The molecule has 3 aromatic rings. The minimum atomic E-state index is -0.248. The van der Waals surface area contributed by atoms with Gasteiger partial charge in [0.15, 0.2) is 0 Å². The van der Waals surface area contributed by atoms with Gasteiger partial charge < -0.3 is 10.5 Å². The van der Waals surface area contributed by atoms with E-state index in [1.165, 1.54) is 11.1 Å². The maximum Gasteiger partial charge on any atom is 0.220 e. The van der Waals surface area contributed by atoms with Gasteiger partial charge in [-0.15, -0.1) is 0 Å². The van der Waals surface area contributed by atoms with Crippen molar-refractivity contribution in [3.8, 4) is 5.75 Å². The van der Waals surface area contributed by atoms with E-state index >= 15 is 0 Å². The lowest BCUT2D eigenvalue weighted by Gasteiger charge is -2.28. The molecule has 5 nitrogen and oxygen atoms in total. The van der Waals surface area contributed by atoms with Crippen LogP contribution in [0.5, 0.6) is 5.75 Å². The number of likely N-dealkylation sites (tertiary alicyclic amines) is 1. The lowest BCUT2D eigenvalue weighted by molar-refractivity contribution is -0.121. The molecular weight excluding hydrogens is 410 g/mol. The van der Waals surface area contributed by atoms with Crippen molar-refractivity contribution in [2.75, 3.05) is 26.2 Å². The lowest BCUT2D eigenvalue weighted by atomic mass is 9.97. The van der Waals surface area contributed by atoms with Crippen LogP contribution in [0.1, 0.15) is 36.6 Å². The summed E-state index contributed by atoms with van der Waals surface area (Å²) in [6, 6.07) is 18.6. The first kappa shape index (κ1) is 23.0. The lowest BCUT2D eigenvalue weighted by Crippen LogP contribution is -2.34. The summed E-state index contributed by atoms with van der Waals surface area (Å²) in [5, 5.41) is 1.07. The van der Waals surface area contributed by atoms with Crippen LogP contribution in [0.4, 0.5) is 0 Å². The average Bonchev–Trinajstić information content (AvgIpc) is 2.80. The molecule has 5 heteroatoms. The Morgan fingerprint density at radius 2 is 1.94 bits per heavy atom. The number of nitrogens with two attached hydrogens (primary N) is 1. The molecule has 1 aromatic heterocycles. The second kappa shape index (κ2) is 10.6. The van der Waals surface area contributed by atoms with Crippen molar-refractivity contribution < 1.29 is 9.53 Å². The molecule has 0 radical (unpaired) electrons. The molecule has 172 valence electrons. The molecule has 4 rings (SSSR count). The van der Waals surface area contributed by atoms with Gasteiger partial charge in [-0.25, -0.2) is 0 Å². The average molecular weight is 444 g/mol. The molecule has 0 aliphatic carbocycles. The molecular formula is C28H33N3O2. The number of amides is 1. The largest absolute Gasteiger partial charge is 0.492 e. The fourth-order valence-electron chi connectivity index (χ4n) is 4.35. The van der Waals surface area contributed by atoms with Crippen molar-refractivity contribution in [3.05, 3.63) is 77.0 Å². The third kappa shape index (κ3) is 6.20. The molecule has 1 atom stereocenters. The number of hydrogen-bond acceptors (Lipinski definition) is 4. The molecule has 2 aromatic carbocycles. The Kier molecular flexibility index (Phi) is 7.40. The second-order valence-electron chi connectivity index (χ2n) is 9.02. The molecule has 1 saturated heterocycles. The van der Waals surface area contributed by atoms with Gasteiger partial charge in [0.2, 0.25) is 5.91 Å². The molecule has 1 aliphatic rings. The quantitative estimate of drug-likeness (QED) is 0.545. The number of rotatable bonds is 8. The summed E-state index contributed by atoms with van der Waals surface area (Å²) in [7, 11) is 0. The molecule has 1 amide bonds. The zero-order chi connectivity index (χ0) is 23.2. The first-order chi connectivity index (χ1) is 16.0. The van der Waals surface area contributed by atoms with Crippen molar-refractivity contribution >= 4 is 22.9 Å². The normalized spacial score (nSPS) is 15.4. The van der Waals surface area contributed by atoms with Gasteiger partial charge in [-0.2, -0.15) is 0 Å². The number of carbonyl (C=O) groups is 1. The third-order valence-electron chi connectivity index (χ3n) is 6.34. The van der Waals surface area contributed by atoms with Crippen molar-refractivity contribution in [3.63, 3.8) is 0 Å². The van der Waals surface area contributed by atoms with Crippen LogP contribution in [0, 0.1) is 12.8 Å². The Morgan fingerprint density at radius 3 is 2.73 bits per heavy atom. The van der Waals surface area contributed by atoms with Crippen LogP contribution in [0.15, 0.2) is 60.2 Å². The number of nitrogens with zero attached hydrogens (tertiary/aromatic N) is 2. The predicted octanol–water partition coefficient (Wildman–Crippen LogP) is 4.77. The second-order valence-corrected chi connectivity index (χ2v) is 9.02. The van der Waals surface area contributed by atoms with Gasteiger partial charge in [0, 0.05) is 36.6 Å². The van der Waals surface area contributed by atoms with E-state index in [0.717, 1.165) is 60.4 Å². The van der Waals surface area contributed by atoms with E-state index in [4.69, 9.17) is 10.5 Å². The first-order valence-electron chi connectivity index (χ1n) is 11.8. The van der Waals surface area contributed by atoms with Gasteiger partial charge in [-0.1, -0.05) is 48.9 Å². The van der Waals surface area contributed by atoms with Crippen LogP contribution in [0.2, 0.25) is 0 Å². The number of aryl methyl sites for hydroxylation is 1. The Morgan fingerprint density at radius 1 is 1.15 bits per heavy atom. The summed E-state index contributed by atoms with van der Waals surface area (Å²) >= 11 is 0. The van der Waals surface area contributed by atoms with E-state index in [2.05, 4.69) is 46.3 Å². The van der Waals surface area contributed by atoms with Crippen molar-refractivity contribution in [2.45, 2.75) is 33.1 Å². The first-order valence-corrected chi connectivity index (χ1v) is 11.8. The molecule has 33 heavy (non-hydrogen) atoms. The summed E-state index contributed by atoms with van der Waals surface area (Å²) in [6.07, 6.45) is 5.13. The number of aromatic nitrogens is 1. The monoisotopic (exact) mass is 443 g/mol. The number of primary amides is 1. The highest BCUT2D eigenvalue weighted by Crippen LogP contribution is 2.25. The third-order valence-corrected chi connectivity index (χ3v) is 6.34. The molecule has 0 saturated carbocycles. The Hall–Kier alpha value is -3.18. The number of carbonyl (C=O) groups excluding carboxylic acids is 1. The van der Waals surface area contributed by atoms with Crippen LogP contribution in [0.25, 0.3) is 17.0 Å². The summed E-state index contributed by atoms with van der Waals surface area (Å²) in [6.45, 7) is 7.57. The predicted molar refractivity (Wildman–Crippen MR) is 134 cm³/mol. The van der Waals surface area contributed by atoms with Crippen LogP contribution in [-0.2, 0) is 11.2 Å². The highest BCUT2D eigenvalue weighted by molar-refractivity contribution is 5.85. The zero-order valence-electron chi connectivity index (χ0n) is 19.6. The SMILES string of the molecule is Cc1ccc2c(OCCN3CCC(=Cc4cccc(CC(C)C(N)=O)c4)CC3)cccc2n1. The molecule has 1 aliphatic heterocycles. The van der Waals surface area contributed by atoms with E-state index in [0.29, 0.717) is 13.0 Å². The molecule has 2 heterocycles. The standard InChI is InChI=1S/C28H33N3O2/c1-20(28(29)32)17-23-5-3-6-24(19-23)18-22-11-13-31(14-12-22)15-16-33-27-8-4-7-26-25(27)10-9-21(2)30-26/h3-10,18-20H,11-17H2,1-2H3,(H2,29,32). The van der Waals surface area contributed by atoms with E-state index in [1.807, 2.05) is 38.1 Å². The smallest absolute Gasteiger partial charge is 0.220 e. The molecule has 0 spiro atoms. The maximum atomic E-state index is 11.4.